The summed E-state index contributed by atoms with van der Waals surface area (Å²) < 4.78 is 2.75. The average molecular weight is 322 g/mol. The zero-order valence-corrected chi connectivity index (χ0v) is 13.7. The molecule has 0 radical (unpaired) electrons. The minimum absolute atomic E-state index is 0.156. The van der Waals surface area contributed by atoms with E-state index >= 15 is 0 Å². The van der Waals surface area contributed by atoms with Gasteiger partial charge in [-0.3, -0.25) is 0 Å². The first kappa shape index (κ1) is 14.1. The summed E-state index contributed by atoms with van der Waals surface area (Å²) in [5, 5.41) is 0. The van der Waals surface area contributed by atoms with Gasteiger partial charge in [-0.1, -0.05) is 39.0 Å². The van der Waals surface area contributed by atoms with Crippen LogP contribution in [0.5, 0.6) is 0 Å². The van der Waals surface area contributed by atoms with E-state index in [9.17, 15) is 0 Å². The van der Waals surface area contributed by atoms with Gasteiger partial charge in [0.2, 0.25) is 5.95 Å². The number of hydrogen-bond acceptors (Lipinski definition) is 2. The highest BCUT2D eigenvalue weighted by Gasteiger charge is 2.18. The molecule has 0 saturated heterocycles. The number of halogens is 1. The van der Waals surface area contributed by atoms with E-state index in [-0.39, 0.29) is 5.41 Å². The number of benzene rings is 1. The summed E-state index contributed by atoms with van der Waals surface area (Å²) >= 11 is 3.55. The third kappa shape index (κ3) is 2.54. The third-order valence-corrected chi connectivity index (χ3v) is 4.31. The summed E-state index contributed by atoms with van der Waals surface area (Å²) in [6.45, 7) is 8.77. The van der Waals surface area contributed by atoms with Gasteiger partial charge in [0.05, 0.1) is 0 Å². The van der Waals surface area contributed by atoms with Crippen LogP contribution in [-0.4, -0.2) is 9.55 Å². The van der Waals surface area contributed by atoms with Crippen LogP contribution in [-0.2, 0) is 12.5 Å². The first-order valence-electron chi connectivity index (χ1n) is 6.31. The molecule has 1 aromatic heterocycles. The van der Waals surface area contributed by atoms with Gasteiger partial charge in [0.15, 0.2) is 0 Å². The van der Waals surface area contributed by atoms with Gasteiger partial charge in [-0.15, -0.1) is 0 Å². The Balaban J connectivity index is 2.55. The molecule has 2 N–H and O–H groups in total. The summed E-state index contributed by atoms with van der Waals surface area (Å²) in [6.07, 6.45) is 0. The predicted octanol–water partition coefficient (Wildman–Crippen LogP) is 4.04. The fourth-order valence-electron chi connectivity index (χ4n) is 2.06. The lowest BCUT2D eigenvalue weighted by atomic mass is 9.85. The van der Waals surface area contributed by atoms with E-state index in [1.165, 1.54) is 11.1 Å². The van der Waals surface area contributed by atoms with Gasteiger partial charge in [0.1, 0.15) is 10.3 Å². The van der Waals surface area contributed by atoms with Crippen LogP contribution >= 0.6 is 15.9 Å². The molecule has 3 nitrogen and oxygen atoms in total. The number of nitrogens with zero attached hydrogens (tertiary/aromatic N) is 2. The van der Waals surface area contributed by atoms with Crippen molar-refractivity contribution in [1.29, 1.82) is 0 Å². The van der Waals surface area contributed by atoms with Crippen LogP contribution in [0.3, 0.4) is 0 Å². The van der Waals surface area contributed by atoms with Crippen molar-refractivity contribution in [2.75, 3.05) is 5.73 Å². The molecule has 102 valence electrons. The summed E-state index contributed by atoms with van der Waals surface area (Å²) in [4.78, 5) is 4.43. The molecule has 1 heterocycles. The molecule has 0 bridgehead atoms. The summed E-state index contributed by atoms with van der Waals surface area (Å²) in [6, 6.07) is 6.52. The van der Waals surface area contributed by atoms with E-state index in [2.05, 4.69) is 66.8 Å². The van der Waals surface area contributed by atoms with Crippen LogP contribution in [0.1, 0.15) is 31.9 Å². The van der Waals surface area contributed by atoms with E-state index in [0.29, 0.717) is 5.95 Å². The first-order valence-corrected chi connectivity index (χ1v) is 7.10. The lowest BCUT2D eigenvalue weighted by Gasteiger charge is -2.20. The largest absolute Gasteiger partial charge is 0.369 e. The number of imidazole rings is 1. The molecule has 2 aromatic rings. The first-order chi connectivity index (χ1) is 8.71. The highest BCUT2D eigenvalue weighted by molar-refractivity contribution is 9.10. The van der Waals surface area contributed by atoms with Crippen LogP contribution in [0.15, 0.2) is 22.8 Å². The second-order valence-electron chi connectivity index (χ2n) is 5.95. The normalized spacial score (nSPS) is 11.9. The van der Waals surface area contributed by atoms with Crippen molar-refractivity contribution >= 4 is 21.9 Å². The molecule has 1 aromatic carbocycles. The topological polar surface area (TPSA) is 43.8 Å². The Kier molecular flexibility index (Phi) is 3.47. The lowest BCUT2D eigenvalue weighted by molar-refractivity contribution is 0.590. The molecule has 0 saturated carbocycles. The Bertz CT molecular complexity index is 621. The molecule has 4 heteroatoms. The molecular weight excluding hydrogens is 302 g/mol. The smallest absolute Gasteiger partial charge is 0.201 e. The van der Waals surface area contributed by atoms with Crippen LogP contribution in [0.25, 0.3) is 11.3 Å². The van der Waals surface area contributed by atoms with Crippen molar-refractivity contribution in [3.8, 4) is 11.3 Å². The molecule has 0 atom stereocenters. The summed E-state index contributed by atoms with van der Waals surface area (Å²) in [7, 11) is 1.90. The van der Waals surface area contributed by atoms with Gasteiger partial charge >= 0.3 is 0 Å². The van der Waals surface area contributed by atoms with E-state index < -0.39 is 0 Å². The molecule has 0 fully saturated rings. The van der Waals surface area contributed by atoms with Gasteiger partial charge in [-0.2, -0.15) is 0 Å². The number of nitrogens with two attached hydrogens (primary N) is 1. The van der Waals surface area contributed by atoms with Crippen molar-refractivity contribution in [1.82, 2.24) is 9.55 Å². The fraction of sp³-hybridized carbons (Fsp3) is 0.400. The number of rotatable bonds is 1. The zero-order chi connectivity index (χ0) is 14.4. The molecule has 19 heavy (non-hydrogen) atoms. The molecule has 0 amide bonds. The second kappa shape index (κ2) is 4.67. The third-order valence-electron chi connectivity index (χ3n) is 3.41. The van der Waals surface area contributed by atoms with Crippen LogP contribution in [0.4, 0.5) is 5.95 Å². The van der Waals surface area contributed by atoms with Crippen molar-refractivity contribution in [3.05, 3.63) is 33.9 Å². The Hall–Kier alpha value is -1.29. The Morgan fingerprint density at radius 3 is 2.32 bits per heavy atom. The molecule has 0 aliphatic heterocycles. The maximum atomic E-state index is 5.85. The van der Waals surface area contributed by atoms with Gasteiger partial charge in [-0.05, 0) is 39.4 Å². The Morgan fingerprint density at radius 2 is 1.89 bits per heavy atom. The number of anilines is 1. The Morgan fingerprint density at radius 1 is 1.26 bits per heavy atom. The highest BCUT2D eigenvalue weighted by atomic mass is 79.9. The van der Waals surface area contributed by atoms with Gasteiger partial charge in [-0.25, -0.2) is 4.98 Å². The van der Waals surface area contributed by atoms with Crippen molar-refractivity contribution in [2.45, 2.75) is 33.1 Å². The van der Waals surface area contributed by atoms with E-state index in [1.807, 2.05) is 11.6 Å². The van der Waals surface area contributed by atoms with Crippen molar-refractivity contribution < 1.29 is 0 Å². The number of hydrogen-bond donors (Lipinski definition) is 1. The quantitative estimate of drug-likeness (QED) is 0.861. The van der Waals surface area contributed by atoms with Crippen LogP contribution in [0, 0.1) is 6.92 Å². The van der Waals surface area contributed by atoms with Gasteiger partial charge in [0, 0.05) is 12.6 Å². The predicted molar refractivity (Wildman–Crippen MR) is 84.2 cm³/mol. The minimum Gasteiger partial charge on any atom is -0.369 e. The highest BCUT2D eigenvalue weighted by Crippen LogP contribution is 2.33. The minimum atomic E-state index is 0.156. The molecule has 0 unspecified atom stereocenters. The number of aryl methyl sites for hydroxylation is 1. The lowest BCUT2D eigenvalue weighted by Crippen LogP contribution is -2.11. The van der Waals surface area contributed by atoms with Gasteiger partial charge < -0.3 is 10.3 Å². The SMILES string of the molecule is Cc1cc(C(C)(C)C)ccc1-c1nc(N)n(C)c1Br. The standard InChI is InChI=1S/C15H20BrN3/c1-9-8-10(15(2,3)4)6-7-11(9)12-13(16)19(5)14(17)18-12/h6-8H,1-5H3,(H2,17,18). The average Bonchev–Trinajstić information content (AvgIpc) is 2.56. The van der Waals surface area contributed by atoms with Crippen LogP contribution in [0.2, 0.25) is 0 Å². The summed E-state index contributed by atoms with van der Waals surface area (Å²) in [5.41, 5.74) is 10.6. The maximum Gasteiger partial charge on any atom is 0.201 e. The summed E-state index contributed by atoms with van der Waals surface area (Å²) in [5.74, 6) is 0.515. The fourth-order valence-corrected chi connectivity index (χ4v) is 2.55. The molecule has 0 aliphatic carbocycles. The number of aromatic nitrogens is 2. The maximum absolute atomic E-state index is 5.85. The molecule has 2 rings (SSSR count). The zero-order valence-electron chi connectivity index (χ0n) is 12.1. The van der Waals surface area contributed by atoms with E-state index in [1.54, 1.807) is 0 Å². The van der Waals surface area contributed by atoms with E-state index in [0.717, 1.165) is 15.9 Å². The van der Waals surface area contributed by atoms with E-state index in [4.69, 9.17) is 5.73 Å². The van der Waals surface area contributed by atoms with Crippen molar-refractivity contribution in [3.63, 3.8) is 0 Å². The number of nitrogen functional groups attached to an aromatic ring is 1. The monoisotopic (exact) mass is 321 g/mol. The van der Waals surface area contributed by atoms with Crippen LogP contribution < -0.4 is 5.73 Å². The van der Waals surface area contributed by atoms with Gasteiger partial charge in [0.25, 0.3) is 0 Å². The molecule has 0 spiro atoms. The second-order valence-corrected chi connectivity index (χ2v) is 6.70. The van der Waals surface area contributed by atoms with Crippen molar-refractivity contribution in [2.24, 2.45) is 7.05 Å². The molecule has 0 aliphatic rings. The Labute approximate surface area is 123 Å². The molecular formula is C15H20BrN3.